The molecule has 0 spiro atoms. The van der Waals surface area contributed by atoms with Crippen LogP contribution in [-0.4, -0.2) is 42.3 Å². The van der Waals surface area contributed by atoms with E-state index in [-0.39, 0.29) is 29.5 Å². The van der Waals surface area contributed by atoms with Crippen LogP contribution in [0.2, 0.25) is 0 Å². The zero-order chi connectivity index (χ0) is 19.0. The highest BCUT2D eigenvalue weighted by Crippen LogP contribution is 2.26. The molecule has 0 unspecified atom stereocenters. The first-order valence-corrected chi connectivity index (χ1v) is 10.4. The van der Waals surface area contributed by atoms with Crippen LogP contribution in [0, 0.1) is 5.82 Å². The summed E-state index contributed by atoms with van der Waals surface area (Å²) in [6.07, 6.45) is 4.86. The van der Waals surface area contributed by atoms with Crippen molar-refractivity contribution in [1.82, 2.24) is 9.88 Å². The highest BCUT2D eigenvalue weighted by atomic mass is 32.2. The number of benzene rings is 1. The first-order valence-electron chi connectivity index (χ1n) is 7.92. The topological polar surface area (TPSA) is 91.7 Å². The van der Waals surface area contributed by atoms with Gasteiger partial charge >= 0.3 is 0 Å². The molecule has 4 rings (SSSR count). The maximum Gasteiger partial charge on any atom is 0.261 e. The summed E-state index contributed by atoms with van der Waals surface area (Å²) in [7, 11) is -3.58. The minimum atomic E-state index is -3.58. The van der Waals surface area contributed by atoms with Crippen LogP contribution in [0.3, 0.4) is 0 Å². The fourth-order valence-corrected chi connectivity index (χ4v) is 4.34. The molecule has 1 amide bonds. The predicted molar refractivity (Wildman–Crippen MR) is 101 cm³/mol. The summed E-state index contributed by atoms with van der Waals surface area (Å²) in [5.74, 6) is -0.826. The van der Waals surface area contributed by atoms with E-state index in [4.69, 9.17) is 0 Å². The number of carbonyl (C=O) groups excluding carboxylic acids is 1. The molecular formula is C17H13FN4O3S2. The number of carbonyl (C=O) groups is 1. The Morgan fingerprint density at radius 2 is 2.04 bits per heavy atom. The van der Waals surface area contributed by atoms with Crippen molar-refractivity contribution in [2.75, 3.05) is 17.6 Å². The van der Waals surface area contributed by atoms with Crippen LogP contribution >= 0.6 is 11.3 Å². The Kier molecular flexibility index (Phi) is 4.36. The van der Waals surface area contributed by atoms with Gasteiger partial charge in [0, 0.05) is 23.7 Å². The van der Waals surface area contributed by atoms with Gasteiger partial charge in [-0.15, -0.1) is 15.7 Å². The molecule has 0 radical (unpaired) electrons. The maximum atomic E-state index is 13.0. The number of rotatable bonds is 3. The van der Waals surface area contributed by atoms with Crippen molar-refractivity contribution < 1.29 is 17.6 Å². The van der Waals surface area contributed by atoms with Gasteiger partial charge in [-0.1, -0.05) is 0 Å². The summed E-state index contributed by atoms with van der Waals surface area (Å²) in [6, 6.07) is 5.87. The second-order valence-corrected chi connectivity index (χ2v) is 8.43. The number of allylic oxidation sites excluding steroid dienone is 2. The molecule has 2 aliphatic rings. The van der Waals surface area contributed by atoms with Crippen molar-refractivity contribution in [3.8, 4) is 11.3 Å². The van der Waals surface area contributed by atoms with Crippen LogP contribution in [0.1, 0.15) is 0 Å². The number of fused-ring (bicyclic) bond motifs is 1. The molecule has 10 heteroatoms. The number of nitrogens with one attached hydrogen (secondary N) is 1. The average molecular weight is 404 g/mol. The molecule has 0 saturated heterocycles. The lowest BCUT2D eigenvalue weighted by molar-refractivity contribution is -0.112. The smallest absolute Gasteiger partial charge is 0.261 e. The molecule has 7 nitrogen and oxygen atoms in total. The maximum absolute atomic E-state index is 13.0. The van der Waals surface area contributed by atoms with Crippen LogP contribution in [0.4, 0.5) is 9.52 Å². The standard InChI is InChI=1S/C17H13FN4O3S2/c18-12-5-3-11(4-6-12)14-10-26-17(19-14)20-16(23)13-2-1-7-22-8-9-27(24,25)21-15(13)22/h1-7,10H,8-9H2,(H,19,20,23). The summed E-state index contributed by atoms with van der Waals surface area (Å²) in [6.45, 7) is 0.244. The second kappa shape index (κ2) is 6.71. The molecule has 3 heterocycles. The third-order valence-electron chi connectivity index (χ3n) is 3.97. The van der Waals surface area contributed by atoms with Crippen molar-refractivity contribution in [1.29, 1.82) is 0 Å². The second-order valence-electron chi connectivity index (χ2n) is 5.82. The number of amides is 1. The predicted octanol–water partition coefficient (Wildman–Crippen LogP) is 2.39. The molecule has 1 aromatic heterocycles. The molecule has 2 aliphatic heterocycles. The van der Waals surface area contributed by atoms with Gasteiger partial charge in [-0.2, -0.15) is 0 Å². The Labute approximate surface area is 158 Å². The fraction of sp³-hybridized carbons (Fsp3) is 0.118. The molecule has 27 heavy (non-hydrogen) atoms. The molecule has 1 aromatic carbocycles. The number of hydrogen-bond acceptors (Lipinski definition) is 6. The van der Waals surface area contributed by atoms with E-state index in [1.807, 2.05) is 0 Å². The average Bonchev–Trinajstić information content (AvgIpc) is 3.09. The summed E-state index contributed by atoms with van der Waals surface area (Å²) >= 11 is 1.22. The molecule has 0 atom stereocenters. The molecule has 0 bridgehead atoms. The normalized spacial score (nSPS) is 17.7. The fourth-order valence-electron chi connectivity index (χ4n) is 2.64. The van der Waals surface area contributed by atoms with Crippen molar-refractivity contribution in [3.63, 3.8) is 0 Å². The van der Waals surface area contributed by atoms with Gasteiger partial charge in [0.2, 0.25) is 0 Å². The van der Waals surface area contributed by atoms with E-state index in [0.717, 1.165) is 5.56 Å². The largest absolute Gasteiger partial charge is 0.331 e. The molecular weight excluding hydrogens is 391 g/mol. The van der Waals surface area contributed by atoms with Gasteiger partial charge in [0.15, 0.2) is 11.0 Å². The van der Waals surface area contributed by atoms with Crippen LogP contribution < -0.4 is 5.32 Å². The van der Waals surface area contributed by atoms with Gasteiger partial charge in [-0.05, 0) is 36.4 Å². The van der Waals surface area contributed by atoms with Gasteiger partial charge in [0.25, 0.3) is 15.9 Å². The summed E-state index contributed by atoms with van der Waals surface area (Å²) in [4.78, 5) is 18.6. The van der Waals surface area contributed by atoms with Crippen molar-refractivity contribution >= 4 is 38.2 Å². The lowest BCUT2D eigenvalue weighted by Crippen LogP contribution is -2.40. The van der Waals surface area contributed by atoms with E-state index >= 15 is 0 Å². The highest BCUT2D eigenvalue weighted by Gasteiger charge is 2.30. The van der Waals surface area contributed by atoms with E-state index in [9.17, 15) is 17.6 Å². The van der Waals surface area contributed by atoms with E-state index in [1.165, 1.54) is 29.5 Å². The highest BCUT2D eigenvalue weighted by molar-refractivity contribution is 7.90. The Hall–Kier alpha value is -2.85. The monoisotopic (exact) mass is 404 g/mol. The molecule has 2 aromatic rings. The van der Waals surface area contributed by atoms with Crippen LogP contribution in [0.5, 0.6) is 0 Å². The minimum Gasteiger partial charge on any atom is -0.331 e. The Bertz CT molecular complexity index is 1100. The molecule has 0 saturated carbocycles. The van der Waals surface area contributed by atoms with Crippen molar-refractivity contribution in [2.45, 2.75) is 0 Å². The van der Waals surface area contributed by atoms with Crippen LogP contribution in [0.25, 0.3) is 11.3 Å². The van der Waals surface area contributed by atoms with E-state index in [0.29, 0.717) is 10.8 Å². The van der Waals surface area contributed by atoms with Gasteiger partial charge in [0.1, 0.15) is 5.82 Å². The van der Waals surface area contributed by atoms with Gasteiger partial charge in [-0.3, -0.25) is 10.1 Å². The lowest BCUT2D eigenvalue weighted by atomic mass is 10.1. The molecule has 0 fully saturated rings. The summed E-state index contributed by atoms with van der Waals surface area (Å²) < 4.78 is 40.3. The minimum absolute atomic E-state index is 0.0940. The van der Waals surface area contributed by atoms with Crippen molar-refractivity contribution in [2.24, 2.45) is 4.40 Å². The zero-order valence-corrected chi connectivity index (χ0v) is 15.4. The number of sulfonamides is 1. The Morgan fingerprint density at radius 3 is 2.81 bits per heavy atom. The lowest BCUT2D eigenvalue weighted by Gasteiger charge is -2.28. The number of anilines is 1. The van der Waals surface area contributed by atoms with Crippen LogP contribution in [-0.2, 0) is 14.8 Å². The first-order chi connectivity index (χ1) is 12.9. The SMILES string of the molecule is O=C(Nc1nc(-c2ccc(F)cc2)cs1)C1=CC=CN2CCS(=O)(=O)N=C12. The number of aromatic nitrogens is 1. The quantitative estimate of drug-likeness (QED) is 0.848. The summed E-state index contributed by atoms with van der Waals surface area (Å²) in [5, 5.41) is 4.75. The van der Waals surface area contributed by atoms with E-state index in [1.54, 1.807) is 34.7 Å². The first kappa shape index (κ1) is 17.6. The van der Waals surface area contributed by atoms with Crippen LogP contribution in [0.15, 0.2) is 58.0 Å². The third-order valence-corrected chi connectivity index (χ3v) is 5.87. The van der Waals surface area contributed by atoms with E-state index in [2.05, 4.69) is 14.7 Å². The van der Waals surface area contributed by atoms with E-state index < -0.39 is 15.9 Å². The Balaban J connectivity index is 1.56. The van der Waals surface area contributed by atoms with Crippen molar-refractivity contribution in [3.05, 3.63) is 59.4 Å². The summed E-state index contributed by atoms with van der Waals surface area (Å²) in [5.41, 5.74) is 1.48. The zero-order valence-electron chi connectivity index (χ0n) is 13.8. The Morgan fingerprint density at radius 1 is 1.26 bits per heavy atom. The van der Waals surface area contributed by atoms with Gasteiger partial charge in [0.05, 0.1) is 17.0 Å². The number of nitrogens with zero attached hydrogens (tertiary/aromatic N) is 3. The molecule has 0 aliphatic carbocycles. The molecule has 1 N–H and O–H groups in total. The third kappa shape index (κ3) is 3.67. The number of amidine groups is 1. The number of hydrogen-bond donors (Lipinski definition) is 1. The van der Waals surface area contributed by atoms with Gasteiger partial charge in [-0.25, -0.2) is 17.8 Å². The number of thiazole rings is 1. The molecule has 138 valence electrons. The number of halogens is 1. The van der Waals surface area contributed by atoms with Gasteiger partial charge < -0.3 is 4.90 Å².